The summed E-state index contributed by atoms with van der Waals surface area (Å²) < 4.78 is 18.2. The van der Waals surface area contributed by atoms with Gasteiger partial charge in [0.05, 0.1) is 13.5 Å². The maximum absolute atomic E-state index is 13.4. The van der Waals surface area contributed by atoms with E-state index in [1.54, 1.807) is 6.07 Å². The van der Waals surface area contributed by atoms with Gasteiger partial charge in [0.2, 0.25) is 5.91 Å². The number of anilines is 1. The molecule has 0 spiro atoms. The average molecular weight is 252 g/mol. The van der Waals surface area contributed by atoms with E-state index in [0.717, 1.165) is 4.90 Å². The summed E-state index contributed by atoms with van der Waals surface area (Å²) in [5, 5.41) is 2.84. The van der Waals surface area contributed by atoms with Gasteiger partial charge in [0, 0.05) is 18.8 Å². The normalized spacial score (nSPS) is 19.3. The average Bonchev–Trinajstić information content (AvgIpc) is 2.57. The number of rotatable bonds is 3. The number of amides is 2. The Morgan fingerprint density at radius 3 is 2.67 bits per heavy atom. The van der Waals surface area contributed by atoms with Gasteiger partial charge in [-0.3, -0.25) is 14.5 Å². The lowest BCUT2D eigenvalue weighted by molar-refractivity contribution is -0.136. The Labute approximate surface area is 104 Å². The highest BCUT2D eigenvalue weighted by Crippen LogP contribution is 2.23. The molecular formula is C12H13FN2O3. The van der Waals surface area contributed by atoms with Crippen LogP contribution in [0, 0.1) is 5.82 Å². The lowest BCUT2D eigenvalue weighted by atomic mass is 10.2. The van der Waals surface area contributed by atoms with Crippen molar-refractivity contribution in [2.45, 2.75) is 12.5 Å². The Kier molecular flexibility index (Phi) is 3.18. The van der Waals surface area contributed by atoms with Crippen LogP contribution >= 0.6 is 0 Å². The molecule has 1 atom stereocenters. The first kappa shape index (κ1) is 12.3. The SMILES string of the molecule is COc1ccc(NC2CC(=O)N(C)C2=O)cc1F. The van der Waals surface area contributed by atoms with E-state index in [1.165, 1.54) is 26.3 Å². The highest BCUT2D eigenvalue weighted by molar-refractivity contribution is 6.06. The number of carbonyl (C=O) groups excluding carboxylic acids is 2. The molecule has 5 nitrogen and oxygen atoms in total. The first-order valence-electron chi connectivity index (χ1n) is 5.43. The molecule has 0 aliphatic carbocycles. The van der Waals surface area contributed by atoms with Crippen molar-refractivity contribution >= 4 is 17.5 Å². The van der Waals surface area contributed by atoms with Gasteiger partial charge < -0.3 is 10.1 Å². The summed E-state index contributed by atoms with van der Waals surface area (Å²) in [6, 6.07) is 3.66. The number of carbonyl (C=O) groups is 2. The standard InChI is InChI=1S/C12H13FN2O3/c1-15-11(16)6-9(12(15)17)14-7-3-4-10(18-2)8(13)5-7/h3-5,9,14H,6H2,1-2H3. The minimum absolute atomic E-state index is 0.0863. The van der Waals surface area contributed by atoms with Crippen molar-refractivity contribution in [1.29, 1.82) is 0 Å². The highest BCUT2D eigenvalue weighted by atomic mass is 19.1. The molecule has 1 saturated heterocycles. The van der Waals surface area contributed by atoms with Gasteiger partial charge in [0.15, 0.2) is 11.6 Å². The maximum atomic E-state index is 13.4. The van der Waals surface area contributed by atoms with Gasteiger partial charge >= 0.3 is 0 Å². The number of likely N-dealkylation sites (N-methyl/N-ethyl adjacent to an activating group) is 1. The van der Waals surface area contributed by atoms with Gasteiger partial charge in [-0.05, 0) is 12.1 Å². The Bertz CT molecular complexity index is 504. The molecule has 0 saturated carbocycles. The van der Waals surface area contributed by atoms with Crippen LogP contribution in [0.5, 0.6) is 5.75 Å². The van der Waals surface area contributed by atoms with Crippen LogP contribution in [0.25, 0.3) is 0 Å². The molecule has 2 rings (SSSR count). The van der Waals surface area contributed by atoms with E-state index in [9.17, 15) is 14.0 Å². The molecule has 2 amide bonds. The number of nitrogens with zero attached hydrogens (tertiary/aromatic N) is 1. The quantitative estimate of drug-likeness (QED) is 0.815. The monoisotopic (exact) mass is 252 g/mol. The molecule has 18 heavy (non-hydrogen) atoms. The number of halogens is 1. The first-order valence-corrected chi connectivity index (χ1v) is 5.43. The van der Waals surface area contributed by atoms with E-state index in [1.807, 2.05) is 0 Å². The second-order valence-corrected chi connectivity index (χ2v) is 4.04. The van der Waals surface area contributed by atoms with E-state index in [0.29, 0.717) is 5.69 Å². The zero-order chi connectivity index (χ0) is 13.3. The number of benzene rings is 1. The zero-order valence-corrected chi connectivity index (χ0v) is 10.1. The molecule has 0 aromatic heterocycles. The number of hydrogen-bond acceptors (Lipinski definition) is 4. The van der Waals surface area contributed by atoms with Crippen LogP contribution in [0.3, 0.4) is 0 Å². The lowest BCUT2D eigenvalue weighted by Gasteiger charge is -2.13. The fraction of sp³-hybridized carbons (Fsp3) is 0.333. The smallest absolute Gasteiger partial charge is 0.251 e. The van der Waals surface area contributed by atoms with Crippen LogP contribution in [-0.4, -0.2) is 36.9 Å². The third-order valence-electron chi connectivity index (χ3n) is 2.87. The second kappa shape index (κ2) is 4.64. The predicted molar refractivity (Wildman–Crippen MR) is 62.8 cm³/mol. The molecule has 1 heterocycles. The van der Waals surface area contributed by atoms with Crippen LogP contribution in [0.15, 0.2) is 18.2 Å². The van der Waals surface area contributed by atoms with E-state index in [-0.39, 0.29) is 24.0 Å². The van der Waals surface area contributed by atoms with Crippen molar-refractivity contribution in [2.75, 3.05) is 19.5 Å². The van der Waals surface area contributed by atoms with Crippen molar-refractivity contribution in [3.63, 3.8) is 0 Å². The second-order valence-electron chi connectivity index (χ2n) is 4.04. The van der Waals surface area contributed by atoms with Crippen molar-refractivity contribution in [3.8, 4) is 5.75 Å². The van der Waals surface area contributed by atoms with Crippen LogP contribution in [0.2, 0.25) is 0 Å². The summed E-state index contributed by atoms with van der Waals surface area (Å²) in [5.41, 5.74) is 0.440. The van der Waals surface area contributed by atoms with E-state index in [2.05, 4.69) is 5.32 Å². The number of likely N-dealkylation sites (tertiary alicyclic amines) is 1. The van der Waals surface area contributed by atoms with E-state index < -0.39 is 11.9 Å². The van der Waals surface area contributed by atoms with E-state index in [4.69, 9.17) is 4.74 Å². The topological polar surface area (TPSA) is 58.6 Å². The summed E-state index contributed by atoms with van der Waals surface area (Å²) in [4.78, 5) is 24.0. The summed E-state index contributed by atoms with van der Waals surface area (Å²) in [6.45, 7) is 0. The van der Waals surface area contributed by atoms with Crippen molar-refractivity contribution in [1.82, 2.24) is 4.90 Å². The van der Waals surface area contributed by atoms with Gasteiger partial charge in [0.1, 0.15) is 6.04 Å². The number of ether oxygens (including phenoxy) is 1. The van der Waals surface area contributed by atoms with Crippen LogP contribution in [-0.2, 0) is 9.59 Å². The molecule has 96 valence electrons. The van der Waals surface area contributed by atoms with Gasteiger partial charge in [-0.15, -0.1) is 0 Å². The largest absolute Gasteiger partial charge is 0.494 e. The van der Waals surface area contributed by atoms with Crippen LogP contribution in [0.1, 0.15) is 6.42 Å². The molecule has 0 radical (unpaired) electrons. The molecule has 1 aromatic carbocycles. The van der Waals surface area contributed by atoms with Crippen molar-refractivity contribution in [2.24, 2.45) is 0 Å². The summed E-state index contributed by atoms with van der Waals surface area (Å²) in [7, 11) is 2.81. The minimum atomic E-state index is -0.629. The molecule has 6 heteroatoms. The maximum Gasteiger partial charge on any atom is 0.251 e. The van der Waals surface area contributed by atoms with Crippen molar-refractivity contribution in [3.05, 3.63) is 24.0 Å². The molecule has 1 fully saturated rings. The Hall–Kier alpha value is -2.11. The third kappa shape index (κ3) is 2.13. The van der Waals surface area contributed by atoms with Crippen LogP contribution < -0.4 is 10.1 Å². The number of nitrogens with one attached hydrogen (secondary N) is 1. The zero-order valence-electron chi connectivity index (χ0n) is 10.1. The van der Waals surface area contributed by atoms with E-state index >= 15 is 0 Å². The Balaban J connectivity index is 2.13. The van der Waals surface area contributed by atoms with Gasteiger partial charge in [-0.25, -0.2) is 4.39 Å². The van der Waals surface area contributed by atoms with Crippen LogP contribution in [0.4, 0.5) is 10.1 Å². The summed E-state index contributed by atoms with van der Waals surface area (Å²) in [5.74, 6) is -0.943. The molecule has 1 aliphatic rings. The molecule has 0 bridgehead atoms. The Morgan fingerprint density at radius 2 is 2.17 bits per heavy atom. The predicted octanol–water partition coefficient (Wildman–Crippen LogP) is 1.00. The molecule has 1 unspecified atom stereocenters. The number of methoxy groups -OCH3 is 1. The highest BCUT2D eigenvalue weighted by Gasteiger charge is 2.35. The minimum Gasteiger partial charge on any atom is -0.494 e. The molecular weight excluding hydrogens is 239 g/mol. The first-order chi connectivity index (χ1) is 8.52. The fourth-order valence-corrected chi connectivity index (χ4v) is 1.83. The molecule has 1 aromatic rings. The lowest BCUT2D eigenvalue weighted by Crippen LogP contribution is -2.31. The van der Waals surface area contributed by atoms with Gasteiger partial charge in [-0.2, -0.15) is 0 Å². The molecule has 1 N–H and O–H groups in total. The summed E-state index contributed by atoms with van der Waals surface area (Å²) >= 11 is 0. The number of imide groups is 1. The number of hydrogen-bond donors (Lipinski definition) is 1. The van der Waals surface area contributed by atoms with Crippen molar-refractivity contribution < 1.29 is 18.7 Å². The summed E-state index contributed by atoms with van der Waals surface area (Å²) in [6.07, 6.45) is 0.0863. The fourth-order valence-electron chi connectivity index (χ4n) is 1.83. The van der Waals surface area contributed by atoms with Gasteiger partial charge in [-0.1, -0.05) is 0 Å². The molecule has 1 aliphatic heterocycles. The third-order valence-corrected chi connectivity index (χ3v) is 2.87. The Morgan fingerprint density at radius 1 is 1.44 bits per heavy atom. The van der Waals surface area contributed by atoms with Gasteiger partial charge in [0.25, 0.3) is 5.91 Å².